The SMILES string of the molecule is CCN(CC)C(=O)[C@H](NC(=O)c1ccc(OC)cc1)C1CCN(C(=O)C2CC2)CC1. The molecule has 164 valence electrons. The third-order valence-electron chi connectivity index (χ3n) is 6.23. The van der Waals surface area contributed by atoms with Gasteiger partial charge in [0.25, 0.3) is 5.91 Å². The number of likely N-dealkylation sites (tertiary alicyclic amines) is 1. The van der Waals surface area contributed by atoms with Gasteiger partial charge in [0.1, 0.15) is 11.8 Å². The molecule has 1 N–H and O–H groups in total. The molecule has 1 saturated carbocycles. The second-order valence-corrected chi connectivity index (χ2v) is 8.13. The Morgan fingerprint density at radius 2 is 1.67 bits per heavy atom. The molecule has 1 aromatic carbocycles. The van der Waals surface area contributed by atoms with Crippen molar-refractivity contribution in [1.82, 2.24) is 15.1 Å². The van der Waals surface area contributed by atoms with Crippen LogP contribution < -0.4 is 10.1 Å². The van der Waals surface area contributed by atoms with E-state index in [1.807, 2.05) is 18.7 Å². The Bertz CT molecular complexity index is 748. The lowest BCUT2D eigenvalue weighted by atomic mass is 9.88. The number of hydrogen-bond acceptors (Lipinski definition) is 4. The third kappa shape index (κ3) is 5.12. The van der Waals surface area contributed by atoms with Crippen LogP contribution in [-0.2, 0) is 9.59 Å². The van der Waals surface area contributed by atoms with Crippen LogP contribution in [-0.4, -0.2) is 66.9 Å². The van der Waals surface area contributed by atoms with Crippen molar-refractivity contribution in [1.29, 1.82) is 0 Å². The number of carbonyl (C=O) groups excluding carboxylic acids is 3. The summed E-state index contributed by atoms with van der Waals surface area (Å²) in [7, 11) is 1.58. The van der Waals surface area contributed by atoms with E-state index in [1.165, 1.54) is 0 Å². The van der Waals surface area contributed by atoms with E-state index in [-0.39, 0.29) is 29.6 Å². The van der Waals surface area contributed by atoms with Gasteiger partial charge in [0, 0.05) is 37.7 Å². The highest BCUT2D eigenvalue weighted by Crippen LogP contribution is 2.33. The summed E-state index contributed by atoms with van der Waals surface area (Å²) in [6.07, 6.45) is 3.44. The number of ether oxygens (including phenoxy) is 1. The number of likely N-dealkylation sites (N-methyl/N-ethyl adjacent to an activating group) is 1. The molecular weight excluding hydrogens is 382 g/mol. The molecule has 1 aromatic rings. The summed E-state index contributed by atoms with van der Waals surface area (Å²) in [5.74, 6) is 0.846. The first kappa shape index (κ1) is 22.1. The molecule has 3 rings (SSSR count). The van der Waals surface area contributed by atoms with Gasteiger partial charge in [-0.2, -0.15) is 0 Å². The monoisotopic (exact) mass is 415 g/mol. The topological polar surface area (TPSA) is 79.0 Å². The summed E-state index contributed by atoms with van der Waals surface area (Å²) < 4.78 is 5.15. The maximum absolute atomic E-state index is 13.2. The van der Waals surface area contributed by atoms with E-state index in [9.17, 15) is 14.4 Å². The van der Waals surface area contributed by atoms with Gasteiger partial charge < -0.3 is 19.9 Å². The maximum Gasteiger partial charge on any atom is 0.251 e. The number of piperidine rings is 1. The smallest absolute Gasteiger partial charge is 0.251 e. The van der Waals surface area contributed by atoms with E-state index in [1.54, 1.807) is 36.3 Å². The van der Waals surface area contributed by atoms with E-state index in [2.05, 4.69) is 5.32 Å². The zero-order chi connectivity index (χ0) is 21.7. The van der Waals surface area contributed by atoms with Crippen molar-refractivity contribution < 1.29 is 19.1 Å². The Kier molecular flexibility index (Phi) is 7.34. The number of nitrogens with zero attached hydrogens (tertiary/aromatic N) is 2. The minimum atomic E-state index is -0.585. The van der Waals surface area contributed by atoms with Gasteiger partial charge in [-0.3, -0.25) is 14.4 Å². The molecule has 0 bridgehead atoms. The van der Waals surface area contributed by atoms with Crippen molar-refractivity contribution in [2.45, 2.75) is 45.6 Å². The molecule has 0 spiro atoms. The van der Waals surface area contributed by atoms with Gasteiger partial charge in [0.05, 0.1) is 7.11 Å². The van der Waals surface area contributed by atoms with Crippen molar-refractivity contribution in [2.24, 2.45) is 11.8 Å². The molecule has 7 heteroatoms. The maximum atomic E-state index is 13.2. The first-order chi connectivity index (χ1) is 14.5. The summed E-state index contributed by atoms with van der Waals surface area (Å²) in [6, 6.07) is 6.28. The van der Waals surface area contributed by atoms with Crippen molar-refractivity contribution >= 4 is 17.7 Å². The van der Waals surface area contributed by atoms with Gasteiger partial charge in [-0.15, -0.1) is 0 Å². The molecule has 3 amide bonds. The van der Waals surface area contributed by atoms with Crippen LogP contribution in [0.15, 0.2) is 24.3 Å². The molecule has 0 unspecified atom stereocenters. The number of amides is 3. The Labute approximate surface area is 178 Å². The average Bonchev–Trinajstić information content (AvgIpc) is 3.63. The van der Waals surface area contributed by atoms with E-state index >= 15 is 0 Å². The van der Waals surface area contributed by atoms with Crippen LogP contribution in [0.2, 0.25) is 0 Å². The Balaban J connectivity index is 1.70. The lowest BCUT2D eigenvalue weighted by molar-refractivity contribution is -0.136. The standard InChI is InChI=1S/C23H33N3O4/c1-4-25(5-2)23(29)20(24-21(27)17-8-10-19(30-3)11-9-17)16-12-14-26(15-13-16)22(28)18-6-7-18/h8-11,16,18,20H,4-7,12-15H2,1-3H3,(H,24,27)/t20-/m1/s1. The zero-order valence-corrected chi connectivity index (χ0v) is 18.2. The second kappa shape index (κ2) is 9.96. The van der Waals surface area contributed by atoms with Gasteiger partial charge in [-0.25, -0.2) is 0 Å². The van der Waals surface area contributed by atoms with E-state index < -0.39 is 6.04 Å². The van der Waals surface area contributed by atoms with Crippen molar-refractivity contribution in [3.8, 4) is 5.75 Å². The molecule has 2 fully saturated rings. The van der Waals surface area contributed by atoms with Gasteiger partial charge in [-0.1, -0.05) is 0 Å². The first-order valence-corrected chi connectivity index (χ1v) is 11.0. The fraction of sp³-hybridized carbons (Fsp3) is 0.609. The quantitative estimate of drug-likeness (QED) is 0.707. The van der Waals surface area contributed by atoms with Crippen LogP contribution in [0.5, 0.6) is 5.75 Å². The van der Waals surface area contributed by atoms with Crippen molar-refractivity contribution in [3.63, 3.8) is 0 Å². The highest BCUT2D eigenvalue weighted by Gasteiger charge is 2.38. The Hall–Kier alpha value is -2.57. The molecule has 0 aromatic heterocycles. The van der Waals surface area contributed by atoms with Crippen LogP contribution >= 0.6 is 0 Å². The predicted octanol–water partition coefficient (Wildman–Crippen LogP) is 2.31. The highest BCUT2D eigenvalue weighted by molar-refractivity contribution is 5.97. The van der Waals surface area contributed by atoms with Gasteiger partial charge >= 0.3 is 0 Å². The number of carbonyl (C=O) groups is 3. The van der Waals surface area contributed by atoms with E-state index in [0.717, 1.165) is 25.7 Å². The van der Waals surface area contributed by atoms with Crippen molar-refractivity contribution in [2.75, 3.05) is 33.3 Å². The van der Waals surface area contributed by atoms with Crippen LogP contribution in [0.3, 0.4) is 0 Å². The lowest BCUT2D eigenvalue weighted by Crippen LogP contribution is -2.54. The number of rotatable bonds is 8. The third-order valence-corrected chi connectivity index (χ3v) is 6.23. The summed E-state index contributed by atoms with van der Waals surface area (Å²) in [5, 5.41) is 2.99. The molecule has 1 aliphatic heterocycles. The van der Waals surface area contributed by atoms with E-state index in [0.29, 0.717) is 37.5 Å². The van der Waals surface area contributed by atoms with Gasteiger partial charge in [0.15, 0.2) is 0 Å². The Morgan fingerprint density at radius 3 is 2.17 bits per heavy atom. The number of benzene rings is 1. The van der Waals surface area contributed by atoms with Crippen LogP contribution in [0.1, 0.15) is 49.9 Å². The molecular formula is C23H33N3O4. The molecule has 30 heavy (non-hydrogen) atoms. The predicted molar refractivity (Wildman–Crippen MR) is 114 cm³/mol. The average molecular weight is 416 g/mol. The second-order valence-electron chi connectivity index (χ2n) is 8.13. The van der Waals surface area contributed by atoms with Crippen LogP contribution in [0.4, 0.5) is 0 Å². The summed E-state index contributed by atoms with van der Waals surface area (Å²) in [5.41, 5.74) is 0.495. The van der Waals surface area contributed by atoms with Crippen LogP contribution in [0, 0.1) is 11.8 Å². The molecule has 1 heterocycles. The Morgan fingerprint density at radius 1 is 1.07 bits per heavy atom. The summed E-state index contributed by atoms with van der Waals surface area (Å²) in [6.45, 7) is 6.40. The first-order valence-electron chi connectivity index (χ1n) is 11.0. The zero-order valence-electron chi connectivity index (χ0n) is 18.2. The molecule has 1 atom stereocenters. The van der Waals surface area contributed by atoms with Crippen LogP contribution in [0.25, 0.3) is 0 Å². The molecule has 0 radical (unpaired) electrons. The largest absolute Gasteiger partial charge is 0.497 e. The van der Waals surface area contributed by atoms with Crippen molar-refractivity contribution in [3.05, 3.63) is 29.8 Å². The van der Waals surface area contributed by atoms with E-state index in [4.69, 9.17) is 4.74 Å². The minimum Gasteiger partial charge on any atom is -0.497 e. The molecule has 1 aliphatic carbocycles. The fourth-order valence-electron chi connectivity index (χ4n) is 4.12. The fourth-order valence-corrected chi connectivity index (χ4v) is 4.12. The molecule has 7 nitrogen and oxygen atoms in total. The molecule has 1 saturated heterocycles. The van der Waals surface area contributed by atoms with Gasteiger partial charge in [0.2, 0.25) is 11.8 Å². The normalized spacial score (nSPS) is 17.9. The number of methoxy groups -OCH3 is 1. The minimum absolute atomic E-state index is 0.0172. The number of hydrogen-bond donors (Lipinski definition) is 1. The van der Waals surface area contributed by atoms with Gasteiger partial charge in [-0.05, 0) is 69.7 Å². The lowest BCUT2D eigenvalue weighted by Gasteiger charge is -2.37. The summed E-state index contributed by atoms with van der Waals surface area (Å²) in [4.78, 5) is 42.2. The molecule has 2 aliphatic rings. The summed E-state index contributed by atoms with van der Waals surface area (Å²) >= 11 is 0. The number of nitrogens with one attached hydrogen (secondary N) is 1. The highest BCUT2D eigenvalue weighted by atomic mass is 16.5.